The van der Waals surface area contributed by atoms with Crippen LogP contribution in [0.2, 0.25) is 0 Å². The van der Waals surface area contributed by atoms with Gasteiger partial charge in [0.2, 0.25) is 0 Å². The van der Waals surface area contributed by atoms with E-state index in [1.807, 2.05) is 32.0 Å². The third-order valence-electron chi connectivity index (χ3n) is 3.96. The summed E-state index contributed by atoms with van der Waals surface area (Å²) in [4.78, 5) is 28.3. The lowest BCUT2D eigenvalue weighted by atomic mass is 9.81. The number of methoxy groups -OCH3 is 1. The Labute approximate surface area is 128 Å². The van der Waals surface area contributed by atoms with Gasteiger partial charge < -0.3 is 14.6 Å². The lowest BCUT2D eigenvalue weighted by molar-refractivity contribution is 0.0583. The summed E-state index contributed by atoms with van der Waals surface area (Å²) in [6.45, 7) is 3.85. The van der Waals surface area contributed by atoms with E-state index in [1.165, 1.54) is 13.3 Å². The number of aromatic nitrogens is 2. The maximum Gasteiger partial charge on any atom is 0.356 e. The molecule has 1 atom stereocenters. The number of hydrogen-bond acceptors (Lipinski definition) is 4. The van der Waals surface area contributed by atoms with Gasteiger partial charge in [0.05, 0.1) is 31.2 Å². The van der Waals surface area contributed by atoms with Crippen molar-refractivity contribution in [2.24, 2.45) is 0 Å². The number of rotatable bonds is 2. The van der Waals surface area contributed by atoms with Crippen molar-refractivity contribution in [1.29, 1.82) is 0 Å². The van der Waals surface area contributed by atoms with Crippen LogP contribution in [0.5, 0.6) is 0 Å². The van der Waals surface area contributed by atoms with Gasteiger partial charge in [-0.25, -0.2) is 9.78 Å². The Bertz CT molecular complexity index is 749. The van der Waals surface area contributed by atoms with Crippen molar-refractivity contribution in [2.45, 2.75) is 25.4 Å². The quantitative estimate of drug-likeness (QED) is 0.858. The van der Waals surface area contributed by atoms with Crippen molar-refractivity contribution < 1.29 is 14.3 Å². The second-order valence-electron chi connectivity index (χ2n) is 5.84. The second kappa shape index (κ2) is 4.98. The molecular formula is C16H17N3O3. The van der Waals surface area contributed by atoms with Crippen molar-refractivity contribution >= 4 is 11.9 Å². The Kier molecular flexibility index (Phi) is 3.24. The molecule has 1 amide bonds. The van der Waals surface area contributed by atoms with E-state index in [1.54, 1.807) is 17.0 Å². The molecule has 0 saturated carbocycles. The third-order valence-corrected chi connectivity index (χ3v) is 3.96. The van der Waals surface area contributed by atoms with Gasteiger partial charge in [-0.1, -0.05) is 18.2 Å². The molecule has 6 nitrogen and oxygen atoms in total. The molecule has 0 fully saturated rings. The summed E-state index contributed by atoms with van der Waals surface area (Å²) in [6, 6.07) is 7.14. The van der Waals surface area contributed by atoms with Gasteiger partial charge in [0.15, 0.2) is 0 Å². The summed E-state index contributed by atoms with van der Waals surface area (Å²) in [5.41, 5.74) is 1.25. The van der Waals surface area contributed by atoms with Gasteiger partial charge in [0.25, 0.3) is 5.91 Å². The molecule has 0 aliphatic carbocycles. The number of benzene rings is 1. The normalized spacial score (nSPS) is 19.2. The van der Waals surface area contributed by atoms with Crippen LogP contribution in [0.15, 0.2) is 36.8 Å². The molecule has 2 aromatic rings. The highest BCUT2D eigenvalue weighted by Crippen LogP contribution is 2.36. The van der Waals surface area contributed by atoms with Crippen molar-refractivity contribution in [2.75, 3.05) is 7.11 Å². The average molecular weight is 299 g/mol. The maximum absolute atomic E-state index is 12.3. The summed E-state index contributed by atoms with van der Waals surface area (Å²) < 4.78 is 6.57. The molecule has 3 rings (SSSR count). The number of ether oxygens (including phenoxy) is 1. The van der Waals surface area contributed by atoms with Gasteiger partial charge in [0.1, 0.15) is 5.69 Å². The largest absolute Gasteiger partial charge is 0.464 e. The van der Waals surface area contributed by atoms with Crippen LogP contribution in [0.25, 0.3) is 0 Å². The van der Waals surface area contributed by atoms with E-state index in [2.05, 4.69) is 10.3 Å². The van der Waals surface area contributed by atoms with Crippen molar-refractivity contribution in [3.63, 3.8) is 0 Å². The molecule has 0 bridgehead atoms. The van der Waals surface area contributed by atoms with Crippen molar-refractivity contribution in [1.82, 2.24) is 14.9 Å². The number of imidazole rings is 1. The van der Waals surface area contributed by atoms with Crippen LogP contribution in [0.1, 0.15) is 46.3 Å². The maximum atomic E-state index is 12.3. The molecule has 0 radical (unpaired) electrons. The summed E-state index contributed by atoms with van der Waals surface area (Å²) in [5.74, 6) is -0.570. The van der Waals surface area contributed by atoms with Crippen LogP contribution < -0.4 is 5.32 Å². The van der Waals surface area contributed by atoms with E-state index in [-0.39, 0.29) is 11.9 Å². The second-order valence-corrected chi connectivity index (χ2v) is 5.84. The Morgan fingerprint density at radius 1 is 1.36 bits per heavy atom. The smallest absolute Gasteiger partial charge is 0.356 e. The molecular weight excluding hydrogens is 282 g/mol. The fraction of sp³-hybridized carbons (Fsp3) is 0.312. The highest BCUT2D eigenvalue weighted by Gasteiger charge is 2.41. The number of nitrogens with zero attached hydrogens (tertiary/aromatic N) is 2. The van der Waals surface area contributed by atoms with E-state index >= 15 is 0 Å². The third kappa shape index (κ3) is 2.07. The van der Waals surface area contributed by atoms with Crippen LogP contribution in [-0.2, 0) is 4.74 Å². The van der Waals surface area contributed by atoms with Gasteiger partial charge in [-0.15, -0.1) is 0 Å². The predicted molar refractivity (Wildman–Crippen MR) is 79.7 cm³/mol. The summed E-state index contributed by atoms with van der Waals surface area (Å²) in [6.07, 6.45) is 3.06. The highest BCUT2D eigenvalue weighted by molar-refractivity contribution is 5.98. The van der Waals surface area contributed by atoms with E-state index in [4.69, 9.17) is 4.74 Å². The zero-order valence-corrected chi connectivity index (χ0v) is 12.7. The van der Waals surface area contributed by atoms with E-state index in [9.17, 15) is 9.59 Å². The molecule has 1 aromatic heterocycles. The zero-order chi connectivity index (χ0) is 15.9. The standard InChI is InChI=1S/C16H17N3O3/c1-16(2)13(19-9-17-8-12(19)15(21)22-3)10-6-4-5-7-11(10)14(20)18-16/h4-9,13H,1-3H3,(H,18,20). The highest BCUT2D eigenvalue weighted by atomic mass is 16.5. The Hall–Kier alpha value is -2.63. The number of carbonyl (C=O) groups excluding carboxylic acids is 2. The van der Waals surface area contributed by atoms with Gasteiger partial charge in [-0.2, -0.15) is 0 Å². The lowest BCUT2D eigenvalue weighted by Crippen LogP contribution is -2.54. The first-order chi connectivity index (χ1) is 10.5. The van der Waals surface area contributed by atoms with Crippen LogP contribution >= 0.6 is 0 Å². The van der Waals surface area contributed by atoms with Crippen LogP contribution in [0, 0.1) is 0 Å². The van der Waals surface area contributed by atoms with E-state index in [0.717, 1.165) is 5.56 Å². The summed E-state index contributed by atoms with van der Waals surface area (Å²) >= 11 is 0. The van der Waals surface area contributed by atoms with Crippen LogP contribution in [0.3, 0.4) is 0 Å². The van der Waals surface area contributed by atoms with Gasteiger partial charge in [-0.3, -0.25) is 4.79 Å². The summed E-state index contributed by atoms with van der Waals surface area (Å²) in [7, 11) is 1.33. The molecule has 1 aliphatic rings. The number of nitrogens with one attached hydrogen (secondary N) is 1. The molecule has 1 aromatic carbocycles. The van der Waals surface area contributed by atoms with Gasteiger partial charge in [0, 0.05) is 5.56 Å². The first kappa shape index (κ1) is 14.3. The molecule has 2 heterocycles. The molecule has 1 unspecified atom stereocenters. The summed E-state index contributed by atoms with van der Waals surface area (Å²) in [5, 5.41) is 2.99. The first-order valence-corrected chi connectivity index (χ1v) is 6.97. The lowest BCUT2D eigenvalue weighted by Gasteiger charge is -2.41. The topological polar surface area (TPSA) is 73.2 Å². The fourth-order valence-electron chi connectivity index (χ4n) is 3.03. The minimum Gasteiger partial charge on any atom is -0.464 e. The molecule has 0 spiro atoms. The SMILES string of the molecule is COC(=O)c1cncn1C1c2ccccc2C(=O)NC1(C)C. The Morgan fingerprint density at radius 3 is 2.82 bits per heavy atom. The number of carbonyl (C=O) groups is 2. The monoisotopic (exact) mass is 299 g/mol. The zero-order valence-electron chi connectivity index (χ0n) is 12.7. The minimum absolute atomic E-state index is 0.114. The molecule has 114 valence electrons. The predicted octanol–water partition coefficient (Wildman–Crippen LogP) is 1.78. The van der Waals surface area contributed by atoms with Crippen LogP contribution in [0.4, 0.5) is 0 Å². The minimum atomic E-state index is -0.574. The molecule has 6 heteroatoms. The first-order valence-electron chi connectivity index (χ1n) is 6.97. The van der Waals surface area contributed by atoms with E-state index in [0.29, 0.717) is 11.3 Å². The fourth-order valence-corrected chi connectivity index (χ4v) is 3.03. The van der Waals surface area contributed by atoms with Crippen molar-refractivity contribution in [3.05, 3.63) is 53.6 Å². The number of fused-ring (bicyclic) bond motifs is 1. The Morgan fingerprint density at radius 2 is 2.09 bits per heavy atom. The molecule has 1 aliphatic heterocycles. The average Bonchev–Trinajstić information content (AvgIpc) is 2.94. The Balaban J connectivity index is 2.21. The molecule has 1 N–H and O–H groups in total. The number of esters is 1. The molecule has 22 heavy (non-hydrogen) atoms. The van der Waals surface area contributed by atoms with E-state index < -0.39 is 11.5 Å². The van der Waals surface area contributed by atoms with Crippen LogP contribution in [-0.4, -0.2) is 34.1 Å². The van der Waals surface area contributed by atoms with Gasteiger partial charge >= 0.3 is 5.97 Å². The number of hydrogen-bond donors (Lipinski definition) is 1. The molecule has 0 saturated heterocycles. The van der Waals surface area contributed by atoms with Crippen molar-refractivity contribution in [3.8, 4) is 0 Å². The number of amides is 1. The van der Waals surface area contributed by atoms with Gasteiger partial charge in [-0.05, 0) is 25.5 Å².